The predicted molar refractivity (Wildman–Crippen MR) is 59.0 cm³/mol. The van der Waals surface area contributed by atoms with Crippen LogP contribution in [0.5, 0.6) is 5.75 Å². The zero-order valence-corrected chi connectivity index (χ0v) is 9.72. The van der Waals surface area contributed by atoms with Gasteiger partial charge in [0, 0.05) is 5.56 Å². The van der Waals surface area contributed by atoms with Gasteiger partial charge in [-0.2, -0.15) is 5.26 Å². The third-order valence-corrected chi connectivity index (χ3v) is 2.27. The molecule has 4 N–H and O–H groups in total. The van der Waals surface area contributed by atoms with Crippen molar-refractivity contribution in [2.45, 2.75) is 12.0 Å². The molecule has 0 spiro atoms. The second-order valence-corrected chi connectivity index (χ2v) is 3.37. The molecule has 0 radical (unpaired) electrons. The molecule has 0 saturated carbocycles. The van der Waals surface area contributed by atoms with Crippen LogP contribution >= 0.6 is 12.4 Å². The summed E-state index contributed by atoms with van der Waals surface area (Å²) in [6.07, 6.45) is 0. The SMILES string of the molecule is Cl.N#Cc1ccc(F)c(O)c1[C@@H](N)C(F)(F)CO. The van der Waals surface area contributed by atoms with E-state index >= 15 is 0 Å². The van der Waals surface area contributed by atoms with Gasteiger partial charge in [-0.25, -0.2) is 13.2 Å². The molecular weight excluding hydrogens is 273 g/mol. The van der Waals surface area contributed by atoms with Crippen LogP contribution in [0.4, 0.5) is 13.2 Å². The molecular formula is C10H10ClF3N2O2. The normalized spacial score (nSPS) is 12.4. The Hall–Kier alpha value is -1.49. The number of benzene rings is 1. The van der Waals surface area contributed by atoms with Gasteiger partial charge in [0.05, 0.1) is 11.6 Å². The lowest BCUT2D eigenvalue weighted by Crippen LogP contribution is -2.36. The number of nitrogens with two attached hydrogens (primary N) is 1. The lowest BCUT2D eigenvalue weighted by molar-refractivity contribution is -0.0717. The van der Waals surface area contributed by atoms with Gasteiger partial charge >= 0.3 is 0 Å². The summed E-state index contributed by atoms with van der Waals surface area (Å²) in [6.45, 7) is -1.57. The Balaban J connectivity index is 0.00000289. The monoisotopic (exact) mass is 282 g/mol. The molecule has 0 fully saturated rings. The highest BCUT2D eigenvalue weighted by atomic mass is 35.5. The predicted octanol–water partition coefficient (Wildman–Crippen LogP) is 1.45. The summed E-state index contributed by atoms with van der Waals surface area (Å²) >= 11 is 0. The summed E-state index contributed by atoms with van der Waals surface area (Å²) in [7, 11) is 0. The van der Waals surface area contributed by atoms with E-state index in [4.69, 9.17) is 16.1 Å². The molecule has 0 aliphatic carbocycles. The lowest BCUT2D eigenvalue weighted by Gasteiger charge is -2.23. The van der Waals surface area contributed by atoms with Crippen molar-refractivity contribution in [1.82, 2.24) is 0 Å². The summed E-state index contributed by atoms with van der Waals surface area (Å²) in [6, 6.07) is 1.04. The Morgan fingerprint density at radius 2 is 2.00 bits per heavy atom. The first kappa shape index (κ1) is 16.5. The van der Waals surface area contributed by atoms with Crippen molar-refractivity contribution >= 4 is 12.4 Å². The molecule has 0 bridgehead atoms. The number of hydrogen-bond acceptors (Lipinski definition) is 4. The lowest BCUT2D eigenvalue weighted by atomic mass is 9.95. The summed E-state index contributed by atoms with van der Waals surface area (Å²) < 4.78 is 39.3. The molecule has 1 aromatic rings. The fourth-order valence-electron chi connectivity index (χ4n) is 1.30. The summed E-state index contributed by atoms with van der Waals surface area (Å²) in [5, 5.41) is 26.5. The Labute approximate surface area is 107 Å². The highest BCUT2D eigenvalue weighted by molar-refractivity contribution is 5.85. The highest BCUT2D eigenvalue weighted by Crippen LogP contribution is 2.37. The molecule has 1 rings (SSSR count). The van der Waals surface area contributed by atoms with Crippen molar-refractivity contribution in [3.63, 3.8) is 0 Å². The Morgan fingerprint density at radius 3 is 2.44 bits per heavy atom. The summed E-state index contributed by atoms with van der Waals surface area (Å²) in [5.74, 6) is -6.04. The van der Waals surface area contributed by atoms with E-state index in [-0.39, 0.29) is 18.0 Å². The second-order valence-electron chi connectivity index (χ2n) is 3.37. The van der Waals surface area contributed by atoms with Gasteiger partial charge in [0.15, 0.2) is 11.6 Å². The zero-order chi connectivity index (χ0) is 13.2. The highest BCUT2D eigenvalue weighted by Gasteiger charge is 2.40. The summed E-state index contributed by atoms with van der Waals surface area (Å²) in [4.78, 5) is 0. The van der Waals surface area contributed by atoms with Crippen LogP contribution in [0.15, 0.2) is 12.1 Å². The van der Waals surface area contributed by atoms with Crippen molar-refractivity contribution in [2.75, 3.05) is 6.61 Å². The van der Waals surface area contributed by atoms with E-state index < -0.39 is 35.7 Å². The fourth-order valence-corrected chi connectivity index (χ4v) is 1.30. The van der Waals surface area contributed by atoms with E-state index in [2.05, 4.69) is 0 Å². The standard InChI is InChI=1S/C10H9F3N2O2.ClH/c11-6-2-1-5(3-14)7(8(6)17)9(15)10(12,13)4-16;/h1-2,9,16-17H,4,15H2;1H/t9-;/m1./s1. The van der Waals surface area contributed by atoms with E-state index in [0.29, 0.717) is 0 Å². The van der Waals surface area contributed by atoms with Crippen LogP contribution in [0.1, 0.15) is 17.2 Å². The first-order valence-electron chi connectivity index (χ1n) is 4.51. The van der Waals surface area contributed by atoms with Crippen LogP contribution in [0.25, 0.3) is 0 Å². The van der Waals surface area contributed by atoms with Gasteiger partial charge in [-0.3, -0.25) is 0 Å². The summed E-state index contributed by atoms with van der Waals surface area (Å²) in [5.41, 5.74) is 4.05. The van der Waals surface area contributed by atoms with E-state index in [1.165, 1.54) is 6.07 Å². The minimum absolute atomic E-state index is 0. The molecule has 0 aliphatic heterocycles. The number of nitriles is 1. The van der Waals surface area contributed by atoms with E-state index in [1.807, 2.05) is 0 Å². The van der Waals surface area contributed by atoms with Crippen molar-refractivity contribution in [1.29, 1.82) is 5.26 Å². The van der Waals surface area contributed by atoms with Gasteiger partial charge in [0.2, 0.25) is 0 Å². The zero-order valence-electron chi connectivity index (χ0n) is 8.90. The first-order chi connectivity index (χ1) is 7.85. The molecule has 4 nitrogen and oxygen atoms in total. The number of aliphatic hydroxyl groups excluding tert-OH is 1. The number of rotatable bonds is 3. The third kappa shape index (κ3) is 2.85. The van der Waals surface area contributed by atoms with Gasteiger partial charge in [-0.05, 0) is 12.1 Å². The number of hydrogen-bond donors (Lipinski definition) is 3. The quantitative estimate of drug-likeness (QED) is 0.783. The Morgan fingerprint density at radius 1 is 1.44 bits per heavy atom. The van der Waals surface area contributed by atoms with E-state index in [1.54, 1.807) is 0 Å². The molecule has 0 unspecified atom stereocenters. The van der Waals surface area contributed by atoms with Crippen LogP contribution < -0.4 is 5.73 Å². The average Bonchev–Trinajstić information content (AvgIpc) is 2.31. The topological polar surface area (TPSA) is 90.3 Å². The Kier molecular flexibility index (Phi) is 5.42. The van der Waals surface area contributed by atoms with Crippen molar-refractivity contribution in [2.24, 2.45) is 5.73 Å². The molecule has 0 heterocycles. The van der Waals surface area contributed by atoms with Gasteiger partial charge in [0.1, 0.15) is 12.6 Å². The molecule has 0 aliphatic rings. The van der Waals surface area contributed by atoms with Gasteiger partial charge < -0.3 is 15.9 Å². The number of aromatic hydroxyl groups is 1. The largest absolute Gasteiger partial charge is 0.505 e. The van der Waals surface area contributed by atoms with Crippen LogP contribution in [-0.2, 0) is 0 Å². The molecule has 8 heteroatoms. The number of phenolic OH excluding ortho intramolecular Hbond substituents is 1. The van der Waals surface area contributed by atoms with Gasteiger partial charge in [-0.1, -0.05) is 0 Å². The third-order valence-electron chi connectivity index (χ3n) is 2.27. The minimum atomic E-state index is -3.77. The van der Waals surface area contributed by atoms with Crippen molar-refractivity contribution < 1.29 is 23.4 Å². The molecule has 18 heavy (non-hydrogen) atoms. The minimum Gasteiger partial charge on any atom is -0.505 e. The van der Waals surface area contributed by atoms with Crippen LogP contribution in [0.3, 0.4) is 0 Å². The first-order valence-corrected chi connectivity index (χ1v) is 4.51. The van der Waals surface area contributed by atoms with Crippen LogP contribution in [0, 0.1) is 17.1 Å². The molecule has 1 atom stereocenters. The van der Waals surface area contributed by atoms with Crippen LogP contribution in [-0.4, -0.2) is 22.7 Å². The number of aliphatic hydroxyl groups is 1. The van der Waals surface area contributed by atoms with E-state index in [9.17, 15) is 18.3 Å². The number of alkyl halides is 2. The van der Waals surface area contributed by atoms with E-state index in [0.717, 1.165) is 12.1 Å². The molecule has 1 aromatic carbocycles. The second kappa shape index (κ2) is 5.91. The number of nitrogens with zero attached hydrogens (tertiary/aromatic N) is 1. The molecule has 0 amide bonds. The van der Waals surface area contributed by atoms with Gasteiger partial charge in [0.25, 0.3) is 5.92 Å². The smallest absolute Gasteiger partial charge is 0.289 e. The van der Waals surface area contributed by atoms with Gasteiger partial charge in [-0.15, -0.1) is 12.4 Å². The number of phenols is 1. The molecule has 0 aromatic heterocycles. The molecule has 100 valence electrons. The maximum Gasteiger partial charge on any atom is 0.289 e. The number of halogens is 4. The maximum absolute atomic E-state index is 13.1. The van der Waals surface area contributed by atoms with Crippen molar-refractivity contribution in [3.8, 4) is 11.8 Å². The average molecular weight is 283 g/mol. The molecule has 0 saturated heterocycles. The Bertz CT molecular complexity index is 477. The van der Waals surface area contributed by atoms with Crippen LogP contribution in [0.2, 0.25) is 0 Å². The fraction of sp³-hybridized carbons (Fsp3) is 0.300. The maximum atomic E-state index is 13.1. The van der Waals surface area contributed by atoms with Crippen molar-refractivity contribution in [3.05, 3.63) is 29.1 Å².